The fourth-order valence-electron chi connectivity index (χ4n) is 2.94. The van der Waals surface area contributed by atoms with Crippen molar-refractivity contribution < 1.29 is 9.53 Å². The third-order valence-corrected chi connectivity index (χ3v) is 4.09. The van der Waals surface area contributed by atoms with Gasteiger partial charge < -0.3 is 10.1 Å². The van der Waals surface area contributed by atoms with Crippen LogP contribution in [0.3, 0.4) is 0 Å². The summed E-state index contributed by atoms with van der Waals surface area (Å²) < 4.78 is 5.47. The minimum Gasteiger partial charge on any atom is -0.439 e. The number of carbonyl (C=O) groups is 1. The summed E-state index contributed by atoms with van der Waals surface area (Å²) in [5.41, 5.74) is 3.99. The molecule has 1 aromatic carbocycles. The van der Waals surface area contributed by atoms with E-state index in [1.54, 1.807) is 18.6 Å². The number of ether oxygens (including phenoxy) is 1. The second kappa shape index (κ2) is 6.12. The highest BCUT2D eigenvalue weighted by molar-refractivity contribution is 5.72. The average molecular weight is 317 g/mol. The molecule has 1 aliphatic rings. The Balaban J connectivity index is 1.71. The number of nitrogens with zero attached hydrogens (tertiary/aromatic N) is 2. The molecule has 1 N–H and O–H groups in total. The first kappa shape index (κ1) is 14.4. The van der Waals surface area contributed by atoms with Crippen LogP contribution in [0.2, 0.25) is 0 Å². The Kier molecular flexibility index (Phi) is 3.67. The molecule has 3 aromatic rings. The lowest BCUT2D eigenvalue weighted by molar-refractivity contribution is 0.132. The van der Waals surface area contributed by atoms with Gasteiger partial charge in [0.05, 0.1) is 6.04 Å². The number of cyclic esters (lactones) is 1. The van der Waals surface area contributed by atoms with Gasteiger partial charge in [0.15, 0.2) is 6.10 Å². The number of hydrogen-bond acceptors (Lipinski definition) is 4. The monoisotopic (exact) mass is 317 g/mol. The highest BCUT2D eigenvalue weighted by atomic mass is 16.6. The highest BCUT2D eigenvalue weighted by Gasteiger charge is 2.36. The van der Waals surface area contributed by atoms with Crippen LogP contribution in [0, 0.1) is 0 Å². The van der Waals surface area contributed by atoms with Crippen molar-refractivity contribution in [2.75, 3.05) is 0 Å². The number of hydrogen-bond donors (Lipinski definition) is 1. The lowest BCUT2D eigenvalue weighted by Crippen LogP contribution is -2.19. The van der Waals surface area contributed by atoms with E-state index in [9.17, 15) is 4.79 Å². The Morgan fingerprint density at radius 1 is 0.875 bits per heavy atom. The molecule has 3 heterocycles. The zero-order chi connectivity index (χ0) is 16.4. The first-order valence-corrected chi connectivity index (χ1v) is 7.69. The van der Waals surface area contributed by atoms with Crippen LogP contribution in [0.4, 0.5) is 4.79 Å². The van der Waals surface area contributed by atoms with E-state index >= 15 is 0 Å². The van der Waals surface area contributed by atoms with Gasteiger partial charge in [0.1, 0.15) is 0 Å². The van der Waals surface area contributed by atoms with E-state index in [-0.39, 0.29) is 12.1 Å². The van der Waals surface area contributed by atoms with Gasteiger partial charge in [-0.1, -0.05) is 24.3 Å². The van der Waals surface area contributed by atoms with Gasteiger partial charge in [-0.15, -0.1) is 0 Å². The lowest BCUT2D eigenvalue weighted by Gasteiger charge is -2.18. The summed E-state index contributed by atoms with van der Waals surface area (Å²) >= 11 is 0. The molecule has 0 spiro atoms. The molecule has 1 fully saturated rings. The van der Waals surface area contributed by atoms with Crippen LogP contribution in [-0.4, -0.2) is 16.1 Å². The summed E-state index contributed by atoms with van der Waals surface area (Å²) in [6.07, 6.45) is 6.19. The molecular formula is C19H15N3O2. The van der Waals surface area contributed by atoms with Crippen LogP contribution < -0.4 is 5.32 Å². The van der Waals surface area contributed by atoms with Gasteiger partial charge in [0, 0.05) is 24.8 Å². The molecule has 0 radical (unpaired) electrons. The molecule has 118 valence electrons. The molecule has 0 bridgehead atoms. The first-order valence-electron chi connectivity index (χ1n) is 7.69. The number of benzene rings is 1. The summed E-state index contributed by atoms with van der Waals surface area (Å²) in [7, 11) is 0. The van der Waals surface area contributed by atoms with Crippen molar-refractivity contribution >= 4 is 6.09 Å². The van der Waals surface area contributed by atoms with Gasteiger partial charge in [0.25, 0.3) is 0 Å². The molecule has 0 aliphatic carbocycles. The number of carbonyl (C=O) groups excluding carboxylic acids is 1. The molecule has 0 saturated carbocycles. The molecule has 4 rings (SSSR count). The normalized spacial score (nSPS) is 19.6. The van der Waals surface area contributed by atoms with Crippen LogP contribution in [0.25, 0.3) is 11.1 Å². The largest absolute Gasteiger partial charge is 0.439 e. The number of pyridine rings is 2. The summed E-state index contributed by atoms with van der Waals surface area (Å²) in [6, 6.07) is 15.5. The van der Waals surface area contributed by atoms with Gasteiger partial charge in [-0.2, -0.15) is 0 Å². The van der Waals surface area contributed by atoms with E-state index in [2.05, 4.69) is 21.4 Å². The van der Waals surface area contributed by atoms with E-state index in [1.807, 2.05) is 48.7 Å². The van der Waals surface area contributed by atoms with Crippen LogP contribution in [0.1, 0.15) is 23.3 Å². The molecule has 24 heavy (non-hydrogen) atoms. The topological polar surface area (TPSA) is 64.1 Å². The Labute approximate surface area is 139 Å². The Morgan fingerprint density at radius 3 is 2.50 bits per heavy atom. The predicted molar refractivity (Wildman–Crippen MR) is 89.0 cm³/mol. The van der Waals surface area contributed by atoms with Gasteiger partial charge >= 0.3 is 6.09 Å². The molecule has 2 aromatic heterocycles. The molecule has 2 atom stereocenters. The van der Waals surface area contributed by atoms with E-state index < -0.39 is 6.09 Å². The maximum absolute atomic E-state index is 11.8. The fourth-order valence-corrected chi connectivity index (χ4v) is 2.94. The maximum atomic E-state index is 11.8. The van der Waals surface area contributed by atoms with Gasteiger partial charge in [-0.05, 0) is 46.5 Å². The van der Waals surface area contributed by atoms with E-state index in [0.717, 1.165) is 22.3 Å². The van der Waals surface area contributed by atoms with Crippen molar-refractivity contribution in [2.45, 2.75) is 12.1 Å². The molecule has 1 saturated heterocycles. The second-order valence-electron chi connectivity index (χ2n) is 5.60. The molecule has 1 aliphatic heterocycles. The van der Waals surface area contributed by atoms with Crippen LogP contribution in [0.5, 0.6) is 0 Å². The van der Waals surface area contributed by atoms with Crippen molar-refractivity contribution in [3.05, 3.63) is 84.4 Å². The standard InChI is InChI=1S/C19H15N3O2/c23-19-22-17(18(24-19)13-6-9-20-10-7-13)15-4-1-3-14(11-15)16-5-2-8-21-12-16/h1-12,17-18H,(H,22,23)/t17-,18-/m0/s1. The SMILES string of the molecule is O=C1N[C@@H](c2cccc(-c3cccnc3)c2)[C@H](c2ccncc2)O1. The maximum Gasteiger partial charge on any atom is 0.408 e. The zero-order valence-electron chi connectivity index (χ0n) is 12.8. The number of aromatic nitrogens is 2. The van der Waals surface area contributed by atoms with Crippen molar-refractivity contribution in [1.29, 1.82) is 0 Å². The van der Waals surface area contributed by atoms with Crippen molar-refractivity contribution in [2.24, 2.45) is 0 Å². The van der Waals surface area contributed by atoms with Crippen molar-refractivity contribution in [1.82, 2.24) is 15.3 Å². The fraction of sp³-hybridized carbons (Fsp3) is 0.105. The third kappa shape index (κ3) is 2.72. The highest BCUT2D eigenvalue weighted by Crippen LogP contribution is 2.37. The summed E-state index contributed by atoms with van der Waals surface area (Å²) in [5.74, 6) is 0. The number of nitrogens with one attached hydrogen (secondary N) is 1. The summed E-state index contributed by atoms with van der Waals surface area (Å²) in [5, 5.41) is 2.90. The molecular weight excluding hydrogens is 302 g/mol. The van der Waals surface area contributed by atoms with E-state index in [0.29, 0.717) is 0 Å². The minimum absolute atomic E-state index is 0.239. The zero-order valence-corrected chi connectivity index (χ0v) is 12.8. The average Bonchev–Trinajstić information content (AvgIpc) is 3.05. The summed E-state index contributed by atoms with van der Waals surface area (Å²) in [6.45, 7) is 0. The second-order valence-corrected chi connectivity index (χ2v) is 5.60. The van der Waals surface area contributed by atoms with Gasteiger partial charge in [0.2, 0.25) is 0 Å². The predicted octanol–water partition coefficient (Wildman–Crippen LogP) is 3.67. The number of amides is 1. The quantitative estimate of drug-likeness (QED) is 0.800. The van der Waals surface area contributed by atoms with E-state index in [1.165, 1.54) is 0 Å². The Bertz CT molecular complexity index is 853. The Hall–Kier alpha value is -3.21. The van der Waals surface area contributed by atoms with Crippen molar-refractivity contribution in [3.63, 3.8) is 0 Å². The van der Waals surface area contributed by atoms with Gasteiger partial charge in [-0.3, -0.25) is 9.97 Å². The molecule has 5 nitrogen and oxygen atoms in total. The number of rotatable bonds is 3. The van der Waals surface area contributed by atoms with Crippen LogP contribution >= 0.6 is 0 Å². The summed E-state index contributed by atoms with van der Waals surface area (Å²) in [4.78, 5) is 20.0. The van der Waals surface area contributed by atoms with Crippen molar-refractivity contribution in [3.8, 4) is 11.1 Å². The lowest BCUT2D eigenvalue weighted by atomic mass is 9.94. The Morgan fingerprint density at radius 2 is 1.71 bits per heavy atom. The third-order valence-electron chi connectivity index (χ3n) is 4.09. The number of alkyl carbamates (subject to hydrolysis) is 1. The molecule has 1 amide bonds. The smallest absolute Gasteiger partial charge is 0.408 e. The molecule has 0 unspecified atom stereocenters. The van der Waals surface area contributed by atoms with Gasteiger partial charge in [-0.25, -0.2) is 4.79 Å². The van der Waals surface area contributed by atoms with E-state index in [4.69, 9.17) is 4.74 Å². The first-order chi connectivity index (χ1) is 11.8. The van der Waals surface area contributed by atoms with Crippen LogP contribution in [-0.2, 0) is 4.74 Å². The molecule has 5 heteroatoms. The van der Waals surface area contributed by atoms with Crippen LogP contribution in [0.15, 0.2) is 73.3 Å². The minimum atomic E-state index is -0.409.